The second-order valence-electron chi connectivity index (χ2n) is 7.28. The van der Waals surface area contributed by atoms with E-state index in [0.29, 0.717) is 55.6 Å². The molecule has 8 nitrogen and oxygen atoms in total. The highest BCUT2D eigenvalue weighted by Gasteiger charge is 2.26. The van der Waals surface area contributed by atoms with Gasteiger partial charge in [-0.15, -0.1) is 11.8 Å². The summed E-state index contributed by atoms with van der Waals surface area (Å²) in [5.41, 5.74) is 1.14. The Hall–Kier alpha value is -2.34. The van der Waals surface area contributed by atoms with Crippen LogP contribution >= 0.6 is 11.8 Å². The Morgan fingerprint density at radius 2 is 2.00 bits per heavy atom. The molecule has 0 atom stereocenters. The van der Waals surface area contributed by atoms with Gasteiger partial charge in [0.2, 0.25) is 21.7 Å². The monoisotopic (exact) mass is 478 g/mol. The molecule has 1 aliphatic rings. The molecule has 11 heteroatoms. The van der Waals surface area contributed by atoms with E-state index in [1.165, 1.54) is 28.3 Å². The molecular formula is C21H23FN4O4S2. The highest BCUT2D eigenvalue weighted by Crippen LogP contribution is 2.22. The van der Waals surface area contributed by atoms with Gasteiger partial charge < -0.3 is 9.26 Å². The largest absolute Gasteiger partial charge is 0.379 e. The Balaban J connectivity index is 1.27. The first-order valence-corrected chi connectivity index (χ1v) is 12.6. The van der Waals surface area contributed by atoms with E-state index in [9.17, 15) is 12.8 Å². The average molecular weight is 479 g/mol. The van der Waals surface area contributed by atoms with E-state index in [1.54, 1.807) is 31.2 Å². The summed E-state index contributed by atoms with van der Waals surface area (Å²) in [6, 6.07) is 8.15. The summed E-state index contributed by atoms with van der Waals surface area (Å²) in [5.74, 6) is 1.30. The number of nitrogens with zero attached hydrogens (tertiary/aromatic N) is 4. The second-order valence-corrected chi connectivity index (χ2v) is 10.3. The number of aryl methyl sites for hydroxylation is 2. The molecule has 32 heavy (non-hydrogen) atoms. The number of hydrogen-bond acceptors (Lipinski definition) is 8. The van der Waals surface area contributed by atoms with Gasteiger partial charge in [0.15, 0.2) is 0 Å². The van der Waals surface area contributed by atoms with Crippen molar-refractivity contribution in [3.05, 3.63) is 53.8 Å². The fourth-order valence-corrected chi connectivity index (χ4v) is 5.29. The number of rotatable bonds is 8. The molecule has 0 saturated carbocycles. The predicted octanol–water partition coefficient (Wildman–Crippen LogP) is 3.32. The van der Waals surface area contributed by atoms with Gasteiger partial charge in [0.1, 0.15) is 10.7 Å². The third kappa shape index (κ3) is 5.34. The quantitative estimate of drug-likeness (QED) is 0.359. The van der Waals surface area contributed by atoms with Crippen LogP contribution in [0.5, 0.6) is 0 Å². The molecular weight excluding hydrogens is 455 g/mol. The minimum atomic E-state index is -3.54. The Morgan fingerprint density at radius 1 is 1.19 bits per heavy atom. The Labute approximate surface area is 190 Å². The summed E-state index contributed by atoms with van der Waals surface area (Å²) in [5, 5.41) is 4.67. The number of halogens is 1. The fraction of sp³-hybridized carbons (Fsp3) is 0.381. The molecule has 3 aromatic rings. The highest BCUT2D eigenvalue weighted by molar-refractivity contribution is 7.99. The van der Waals surface area contributed by atoms with E-state index in [4.69, 9.17) is 9.26 Å². The van der Waals surface area contributed by atoms with Gasteiger partial charge in [0.05, 0.1) is 18.2 Å². The van der Waals surface area contributed by atoms with Gasteiger partial charge in [0, 0.05) is 31.3 Å². The maximum Gasteiger partial charge on any atom is 0.244 e. The maximum atomic E-state index is 13.7. The first-order chi connectivity index (χ1) is 15.4. The molecule has 0 N–H and O–H groups in total. The summed E-state index contributed by atoms with van der Waals surface area (Å²) < 4.78 is 50.9. The summed E-state index contributed by atoms with van der Waals surface area (Å²) in [6.45, 7) is 3.22. The van der Waals surface area contributed by atoms with Crippen LogP contribution in [0.4, 0.5) is 4.39 Å². The van der Waals surface area contributed by atoms with E-state index < -0.39 is 10.0 Å². The van der Waals surface area contributed by atoms with E-state index >= 15 is 0 Å². The van der Waals surface area contributed by atoms with E-state index in [2.05, 4.69) is 15.1 Å². The molecule has 0 spiro atoms. The molecule has 170 valence electrons. The summed E-state index contributed by atoms with van der Waals surface area (Å²) in [7, 11) is -3.54. The van der Waals surface area contributed by atoms with Crippen LogP contribution in [0.25, 0.3) is 11.4 Å². The van der Waals surface area contributed by atoms with Crippen LogP contribution in [-0.4, -0.2) is 59.9 Å². The van der Waals surface area contributed by atoms with Gasteiger partial charge in [-0.3, -0.25) is 0 Å². The molecule has 2 aromatic heterocycles. The fourth-order valence-electron chi connectivity index (χ4n) is 3.15. The molecule has 1 aromatic carbocycles. The topological polar surface area (TPSA) is 98.4 Å². The molecule has 0 aliphatic carbocycles. The van der Waals surface area contributed by atoms with Gasteiger partial charge in [0.25, 0.3) is 0 Å². The molecule has 3 heterocycles. The zero-order chi connectivity index (χ0) is 22.6. The number of thioether (sulfide) groups is 1. The standard InChI is InChI=1S/C21H23FN4O4S2/c1-15-4-5-16(13-18(15)22)21-24-19(30-25-21)3-2-12-31-20-7-6-17(14-23-20)32(27,28)26-8-10-29-11-9-26/h4-7,13-14H,2-3,8-12H2,1H3. The SMILES string of the molecule is Cc1ccc(-c2noc(CCCSc3ccc(S(=O)(=O)N4CCOCC4)cn3)n2)cc1F. The van der Waals surface area contributed by atoms with Crippen molar-refractivity contribution in [1.29, 1.82) is 0 Å². The first kappa shape index (κ1) is 22.8. The van der Waals surface area contributed by atoms with Crippen molar-refractivity contribution in [2.75, 3.05) is 32.1 Å². The zero-order valence-electron chi connectivity index (χ0n) is 17.5. The zero-order valence-corrected chi connectivity index (χ0v) is 19.2. The molecule has 1 saturated heterocycles. The van der Waals surface area contributed by atoms with Crippen molar-refractivity contribution in [3.63, 3.8) is 0 Å². The lowest BCUT2D eigenvalue weighted by atomic mass is 10.1. The van der Waals surface area contributed by atoms with E-state index in [-0.39, 0.29) is 10.7 Å². The van der Waals surface area contributed by atoms with Crippen molar-refractivity contribution in [2.24, 2.45) is 0 Å². The van der Waals surface area contributed by atoms with Crippen LogP contribution in [0.15, 0.2) is 51.0 Å². The van der Waals surface area contributed by atoms with Gasteiger partial charge >= 0.3 is 0 Å². The summed E-state index contributed by atoms with van der Waals surface area (Å²) >= 11 is 1.52. The van der Waals surface area contributed by atoms with Crippen LogP contribution in [0.3, 0.4) is 0 Å². The van der Waals surface area contributed by atoms with Gasteiger partial charge in [-0.1, -0.05) is 17.3 Å². The minimum absolute atomic E-state index is 0.190. The third-order valence-corrected chi connectivity index (χ3v) is 7.91. The molecule has 0 bridgehead atoms. The Morgan fingerprint density at radius 3 is 2.72 bits per heavy atom. The van der Waals surface area contributed by atoms with Gasteiger partial charge in [-0.2, -0.15) is 9.29 Å². The lowest BCUT2D eigenvalue weighted by Gasteiger charge is -2.25. The van der Waals surface area contributed by atoms with Crippen molar-refractivity contribution in [3.8, 4) is 11.4 Å². The van der Waals surface area contributed by atoms with Crippen LogP contribution in [-0.2, 0) is 21.2 Å². The van der Waals surface area contributed by atoms with Crippen molar-refractivity contribution in [2.45, 2.75) is 29.7 Å². The molecule has 1 fully saturated rings. The summed E-state index contributed by atoms with van der Waals surface area (Å²) in [4.78, 5) is 8.80. The number of pyridine rings is 1. The van der Waals surface area contributed by atoms with Crippen LogP contribution in [0, 0.1) is 12.7 Å². The number of sulfonamides is 1. The average Bonchev–Trinajstić information content (AvgIpc) is 3.28. The molecule has 0 unspecified atom stereocenters. The lowest BCUT2D eigenvalue weighted by Crippen LogP contribution is -2.40. The normalized spacial score (nSPS) is 15.2. The third-order valence-electron chi connectivity index (χ3n) is 5.00. The molecule has 4 rings (SSSR count). The van der Waals surface area contributed by atoms with Crippen molar-refractivity contribution < 1.29 is 22.1 Å². The van der Waals surface area contributed by atoms with Crippen LogP contribution < -0.4 is 0 Å². The number of benzene rings is 1. The van der Waals surface area contributed by atoms with Crippen LogP contribution in [0.1, 0.15) is 17.9 Å². The van der Waals surface area contributed by atoms with Gasteiger partial charge in [-0.05, 0) is 42.9 Å². The predicted molar refractivity (Wildman–Crippen MR) is 117 cm³/mol. The van der Waals surface area contributed by atoms with Crippen molar-refractivity contribution in [1.82, 2.24) is 19.4 Å². The second kappa shape index (κ2) is 10.1. The van der Waals surface area contributed by atoms with E-state index in [1.807, 2.05) is 0 Å². The molecule has 0 radical (unpaired) electrons. The Bertz CT molecular complexity index is 1160. The first-order valence-electron chi connectivity index (χ1n) is 10.2. The lowest BCUT2D eigenvalue weighted by molar-refractivity contribution is 0.0730. The number of aromatic nitrogens is 3. The number of morpholine rings is 1. The maximum absolute atomic E-state index is 13.7. The van der Waals surface area contributed by atoms with Gasteiger partial charge in [-0.25, -0.2) is 17.8 Å². The molecule has 1 aliphatic heterocycles. The molecule has 0 amide bonds. The van der Waals surface area contributed by atoms with E-state index in [0.717, 1.165) is 17.2 Å². The minimum Gasteiger partial charge on any atom is -0.379 e. The number of hydrogen-bond donors (Lipinski definition) is 0. The highest BCUT2D eigenvalue weighted by atomic mass is 32.2. The smallest absolute Gasteiger partial charge is 0.244 e. The Kier molecular flexibility index (Phi) is 7.19. The van der Waals surface area contributed by atoms with Crippen LogP contribution in [0.2, 0.25) is 0 Å². The van der Waals surface area contributed by atoms with Crippen molar-refractivity contribution >= 4 is 21.8 Å². The number of ether oxygens (including phenoxy) is 1. The summed E-state index contributed by atoms with van der Waals surface area (Å²) in [6.07, 6.45) is 2.75.